The molecule has 19 heteroatoms. The van der Waals surface area contributed by atoms with E-state index in [1.807, 2.05) is 12.2 Å². The average Bonchev–Trinajstić information content (AvgIpc) is 0.834. The summed E-state index contributed by atoms with van der Waals surface area (Å²) in [6, 6.07) is -1.01. The third-order valence-corrected chi connectivity index (χ3v) is 16.5. The lowest BCUT2D eigenvalue weighted by atomic mass is 9.96. The number of unbranched alkanes of at least 4 members (excludes halogenated alkanes) is 17. The van der Waals surface area contributed by atoms with Crippen LogP contribution < -0.4 is 5.32 Å². The molecule has 0 radical (unpaired) electrons. The standard InChI is InChI=1S/C73H121NO18/c1-3-5-7-9-11-13-15-17-19-21-23-24-25-26-27-28-29-30-31-32-33-35-37-39-41-43-45-47-49-51-61(79)74-56(57(78)50-48-46-44-42-40-38-36-34-22-20-18-16-14-12-10-8-6-4-2)55-87-71-67(85)64(82)69(59(53-76)89-71)92-73-68(86)65(83)70(60(54-77)90-73)91-72-66(84)63(81)62(80)58(52-75)88-72/h5,7,11,13,17,19,23-24,26-27,29-30,32-33,37,39,43,45,48,50,56-60,62-73,75-78,80-86H,3-4,6,8-10,12,14-16,18,20-22,25,28,31,34-36,38,40-42,44,46-47,49,51-55H2,1-2H3,(H,74,79)/b7-5-,13-11-,19-17-,24-23-,27-26-,30-29-,33-32-,39-37-,45-43-,50-48+. The fraction of sp³-hybridized carbons (Fsp3) is 0.712. The van der Waals surface area contributed by atoms with Crippen LogP contribution in [0.3, 0.4) is 0 Å². The zero-order chi connectivity index (χ0) is 66.8. The van der Waals surface area contributed by atoms with Gasteiger partial charge in [0.1, 0.15) is 73.2 Å². The Balaban J connectivity index is 1.46. The van der Waals surface area contributed by atoms with Gasteiger partial charge in [-0.15, -0.1) is 0 Å². The van der Waals surface area contributed by atoms with Crippen LogP contribution >= 0.6 is 0 Å². The second kappa shape index (κ2) is 53.3. The molecule has 1 amide bonds. The van der Waals surface area contributed by atoms with Gasteiger partial charge in [0.05, 0.1) is 38.6 Å². The molecule has 3 aliphatic rings. The minimum Gasteiger partial charge on any atom is -0.394 e. The molecule has 0 aromatic heterocycles. The summed E-state index contributed by atoms with van der Waals surface area (Å²) < 4.78 is 34.3. The van der Waals surface area contributed by atoms with Crippen molar-refractivity contribution in [3.05, 3.63) is 122 Å². The summed E-state index contributed by atoms with van der Waals surface area (Å²) in [5.41, 5.74) is 0. The molecular formula is C73H121NO18. The number of allylic oxidation sites excluding steroid dienone is 19. The van der Waals surface area contributed by atoms with E-state index in [0.717, 1.165) is 83.5 Å². The van der Waals surface area contributed by atoms with Gasteiger partial charge in [0.15, 0.2) is 18.9 Å². The van der Waals surface area contributed by atoms with Gasteiger partial charge in [-0.1, -0.05) is 232 Å². The van der Waals surface area contributed by atoms with Gasteiger partial charge in [-0.3, -0.25) is 4.79 Å². The van der Waals surface area contributed by atoms with Crippen LogP contribution in [0.4, 0.5) is 0 Å². The van der Waals surface area contributed by atoms with E-state index in [1.165, 1.54) is 83.5 Å². The Morgan fingerprint density at radius 2 is 0.750 bits per heavy atom. The zero-order valence-electron chi connectivity index (χ0n) is 55.5. The maximum absolute atomic E-state index is 13.4. The van der Waals surface area contributed by atoms with E-state index >= 15 is 0 Å². The van der Waals surface area contributed by atoms with Gasteiger partial charge in [0.25, 0.3) is 0 Å². The molecule has 0 aromatic carbocycles. The number of hydrogen-bond donors (Lipinski definition) is 12. The van der Waals surface area contributed by atoms with Crippen molar-refractivity contribution >= 4 is 5.91 Å². The van der Waals surface area contributed by atoms with E-state index in [1.54, 1.807) is 6.08 Å². The van der Waals surface area contributed by atoms with E-state index in [4.69, 9.17) is 28.4 Å². The van der Waals surface area contributed by atoms with Crippen LogP contribution in [-0.4, -0.2) is 193 Å². The van der Waals surface area contributed by atoms with Gasteiger partial charge < -0.3 is 89.9 Å². The molecule has 3 heterocycles. The number of aliphatic hydroxyl groups excluding tert-OH is 11. The lowest BCUT2D eigenvalue weighted by molar-refractivity contribution is -0.379. The van der Waals surface area contributed by atoms with Gasteiger partial charge in [-0.05, 0) is 83.5 Å². The van der Waals surface area contributed by atoms with Crippen LogP contribution in [0.15, 0.2) is 122 Å². The quantitative estimate of drug-likeness (QED) is 0.0199. The number of ether oxygens (including phenoxy) is 6. The van der Waals surface area contributed by atoms with Crippen molar-refractivity contribution in [2.24, 2.45) is 0 Å². The largest absolute Gasteiger partial charge is 0.394 e. The molecule has 0 spiro atoms. The third kappa shape index (κ3) is 34.7. The van der Waals surface area contributed by atoms with Crippen molar-refractivity contribution in [3.8, 4) is 0 Å². The highest BCUT2D eigenvalue weighted by Gasteiger charge is 2.53. The molecule has 3 rings (SSSR count). The van der Waals surface area contributed by atoms with Crippen LogP contribution in [-0.2, 0) is 33.2 Å². The summed E-state index contributed by atoms with van der Waals surface area (Å²) in [4.78, 5) is 13.4. The average molecular weight is 1300 g/mol. The Bertz CT molecular complexity index is 2140. The fourth-order valence-corrected chi connectivity index (χ4v) is 10.9. The topological polar surface area (TPSA) is 307 Å². The van der Waals surface area contributed by atoms with E-state index in [0.29, 0.717) is 12.8 Å². The summed E-state index contributed by atoms with van der Waals surface area (Å²) in [7, 11) is 0. The molecule has 12 N–H and O–H groups in total. The lowest BCUT2D eigenvalue weighted by Gasteiger charge is -2.48. The first-order valence-corrected chi connectivity index (χ1v) is 34.8. The molecule has 0 aliphatic carbocycles. The molecular weight excluding hydrogens is 1180 g/mol. The number of nitrogens with one attached hydrogen (secondary N) is 1. The van der Waals surface area contributed by atoms with E-state index < -0.39 is 124 Å². The normalized spacial score (nSPS) is 28.5. The maximum atomic E-state index is 13.4. The first kappa shape index (κ1) is 82.4. The molecule has 0 aromatic rings. The Kier molecular flexibility index (Phi) is 47.8. The minimum absolute atomic E-state index is 0.155. The monoisotopic (exact) mass is 1300 g/mol. The van der Waals surface area contributed by atoms with Gasteiger partial charge in [-0.25, -0.2) is 0 Å². The fourth-order valence-electron chi connectivity index (χ4n) is 10.9. The molecule has 3 aliphatic heterocycles. The molecule has 0 bridgehead atoms. The highest BCUT2D eigenvalue weighted by atomic mass is 16.8. The van der Waals surface area contributed by atoms with Crippen molar-refractivity contribution in [3.63, 3.8) is 0 Å². The third-order valence-electron chi connectivity index (χ3n) is 16.5. The Hall–Kier alpha value is -3.81. The number of carbonyl (C=O) groups excluding carboxylic acids is 1. The van der Waals surface area contributed by atoms with Crippen molar-refractivity contribution in [1.82, 2.24) is 5.32 Å². The minimum atomic E-state index is -1.99. The smallest absolute Gasteiger partial charge is 0.220 e. The summed E-state index contributed by atoms with van der Waals surface area (Å²) in [5.74, 6) is -0.338. The summed E-state index contributed by atoms with van der Waals surface area (Å²) in [5, 5.41) is 120. The molecule has 19 nitrogen and oxygen atoms in total. The highest BCUT2D eigenvalue weighted by Crippen LogP contribution is 2.33. The highest BCUT2D eigenvalue weighted by molar-refractivity contribution is 5.76. The SMILES string of the molecule is CC/C=C\C/C=C\C/C=C\C/C=C\C/C=C\C/C=C\C/C=C\C/C=C\C/C=C\CCCC(=O)NC(COC1OC(CO)C(OC2OC(CO)C(OC3OC(CO)C(O)C(O)C3O)C(O)C2O)C(O)C1O)C(O)/C=C/CCCCCCCCCCCCCCCCCC. The van der Waals surface area contributed by atoms with Crippen LogP contribution in [0.25, 0.3) is 0 Å². The molecule has 17 unspecified atom stereocenters. The van der Waals surface area contributed by atoms with Crippen LogP contribution in [0, 0.1) is 0 Å². The molecule has 526 valence electrons. The number of carbonyl (C=O) groups is 1. The van der Waals surface area contributed by atoms with Gasteiger partial charge in [-0.2, -0.15) is 0 Å². The Morgan fingerprint density at radius 3 is 1.16 bits per heavy atom. The molecule has 3 fully saturated rings. The number of aliphatic hydroxyl groups is 11. The Labute approximate surface area is 550 Å². The van der Waals surface area contributed by atoms with Crippen molar-refractivity contribution < 1.29 is 89.4 Å². The van der Waals surface area contributed by atoms with Crippen LogP contribution in [0.1, 0.15) is 200 Å². The zero-order valence-corrected chi connectivity index (χ0v) is 55.5. The number of rotatable bonds is 51. The van der Waals surface area contributed by atoms with E-state index in [9.17, 15) is 61.0 Å². The molecule has 0 saturated carbocycles. The predicted molar refractivity (Wildman–Crippen MR) is 360 cm³/mol. The van der Waals surface area contributed by atoms with E-state index in [-0.39, 0.29) is 18.9 Å². The van der Waals surface area contributed by atoms with Gasteiger partial charge in [0.2, 0.25) is 5.91 Å². The predicted octanol–water partition coefficient (Wildman–Crippen LogP) is 9.21. The van der Waals surface area contributed by atoms with E-state index in [2.05, 4.69) is 122 Å². The number of amides is 1. The maximum Gasteiger partial charge on any atom is 0.220 e. The van der Waals surface area contributed by atoms with Crippen molar-refractivity contribution in [2.75, 3.05) is 26.4 Å². The van der Waals surface area contributed by atoms with Crippen LogP contribution in [0.5, 0.6) is 0 Å². The molecule has 17 atom stereocenters. The lowest BCUT2D eigenvalue weighted by Crippen LogP contribution is -2.66. The second-order valence-electron chi connectivity index (χ2n) is 24.3. The molecule has 3 saturated heterocycles. The summed E-state index contributed by atoms with van der Waals surface area (Å²) in [6.45, 7) is 1.56. The van der Waals surface area contributed by atoms with Crippen LogP contribution in [0.2, 0.25) is 0 Å². The summed E-state index contributed by atoms with van der Waals surface area (Å²) in [6.07, 6.45) is 46.0. The van der Waals surface area contributed by atoms with Crippen molar-refractivity contribution in [1.29, 1.82) is 0 Å². The first-order chi connectivity index (χ1) is 44.8. The van der Waals surface area contributed by atoms with Gasteiger partial charge >= 0.3 is 0 Å². The summed E-state index contributed by atoms with van der Waals surface area (Å²) >= 11 is 0. The Morgan fingerprint density at radius 1 is 0.402 bits per heavy atom. The molecule has 92 heavy (non-hydrogen) atoms. The van der Waals surface area contributed by atoms with Gasteiger partial charge in [0, 0.05) is 6.42 Å². The first-order valence-electron chi connectivity index (χ1n) is 34.8. The second-order valence-corrected chi connectivity index (χ2v) is 24.3. The number of hydrogen-bond acceptors (Lipinski definition) is 18. The van der Waals surface area contributed by atoms with Crippen molar-refractivity contribution in [2.45, 2.75) is 304 Å².